The SMILES string of the molecule is CCC.CCCC(CC(C)=O)c1ccc(C(=O)O)cc1.Cc1ccccc1. The summed E-state index contributed by atoms with van der Waals surface area (Å²) < 4.78 is 0. The molecule has 0 aliphatic carbocycles. The zero-order valence-corrected chi connectivity index (χ0v) is 17.4. The number of carbonyl (C=O) groups excluding carboxylic acids is 1. The van der Waals surface area contributed by atoms with Gasteiger partial charge in [0.25, 0.3) is 0 Å². The van der Waals surface area contributed by atoms with Gasteiger partial charge >= 0.3 is 5.97 Å². The van der Waals surface area contributed by atoms with Crippen molar-refractivity contribution in [1.82, 2.24) is 0 Å². The molecule has 3 heteroatoms. The van der Waals surface area contributed by atoms with Gasteiger partial charge < -0.3 is 9.90 Å². The molecule has 0 spiro atoms. The van der Waals surface area contributed by atoms with E-state index in [4.69, 9.17) is 5.11 Å². The van der Waals surface area contributed by atoms with Crippen molar-refractivity contribution in [3.63, 3.8) is 0 Å². The summed E-state index contributed by atoms with van der Waals surface area (Å²) in [5.41, 5.74) is 2.65. The van der Waals surface area contributed by atoms with Crippen molar-refractivity contribution in [3.8, 4) is 0 Å². The molecule has 27 heavy (non-hydrogen) atoms. The van der Waals surface area contributed by atoms with E-state index in [1.54, 1.807) is 19.1 Å². The number of carbonyl (C=O) groups is 2. The Morgan fingerprint density at radius 3 is 1.78 bits per heavy atom. The predicted octanol–water partition coefficient (Wildman–Crippen LogP) is 6.66. The highest BCUT2D eigenvalue weighted by molar-refractivity contribution is 5.87. The van der Waals surface area contributed by atoms with Gasteiger partial charge in [-0.15, -0.1) is 0 Å². The van der Waals surface area contributed by atoms with Gasteiger partial charge in [-0.25, -0.2) is 4.79 Å². The first kappa shape index (κ1) is 24.6. The Bertz CT molecular complexity index is 645. The molecule has 1 N–H and O–H groups in total. The first-order chi connectivity index (χ1) is 12.8. The minimum atomic E-state index is -0.921. The molecule has 0 amide bonds. The summed E-state index contributed by atoms with van der Waals surface area (Å²) in [5.74, 6) is -0.540. The zero-order chi connectivity index (χ0) is 20.7. The van der Waals surface area contributed by atoms with E-state index in [2.05, 4.69) is 39.8 Å². The van der Waals surface area contributed by atoms with Crippen molar-refractivity contribution in [1.29, 1.82) is 0 Å². The molecule has 0 aliphatic rings. The number of rotatable bonds is 6. The Balaban J connectivity index is 0.000000555. The molecule has 0 bridgehead atoms. The highest BCUT2D eigenvalue weighted by Crippen LogP contribution is 2.25. The maximum Gasteiger partial charge on any atom is 0.335 e. The highest BCUT2D eigenvalue weighted by Gasteiger charge is 2.13. The van der Waals surface area contributed by atoms with Gasteiger partial charge in [0.05, 0.1) is 5.56 Å². The number of ketones is 1. The van der Waals surface area contributed by atoms with Gasteiger partial charge in [0, 0.05) is 6.42 Å². The lowest BCUT2D eigenvalue weighted by Crippen LogP contribution is -2.05. The van der Waals surface area contributed by atoms with E-state index in [9.17, 15) is 9.59 Å². The van der Waals surface area contributed by atoms with Gasteiger partial charge in [-0.05, 0) is 43.9 Å². The smallest absolute Gasteiger partial charge is 0.335 e. The quantitative estimate of drug-likeness (QED) is 0.618. The van der Waals surface area contributed by atoms with Crippen molar-refractivity contribution < 1.29 is 14.7 Å². The van der Waals surface area contributed by atoms with Crippen molar-refractivity contribution in [3.05, 3.63) is 71.3 Å². The molecule has 0 saturated carbocycles. The topological polar surface area (TPSA) is 54.4 Å². The third kappa shape index (κ3) is 11.7. The second-order valence-electron chi connectivity index (χ2n) is 6.68. The molecule has 1 atom stereocenters. The molecular weight excluding hydrogens is 336 g/mol. The summed E-state index contributed by atoms with van der Waals surface area (Å²) in [5, 5.41) is 8.81. The summed E-state index contributed by atoms with van der Waals surface area (Å²) in [6.07, 6.45) is 3.74. The molecule has 2 aromatic rings. The van der Waals surface area contributed by atoms with E-state index in [0.29, 0.717) is 6.42 Å². The first-order valence-electron chi connectivity index (χ1n) is 9.69. The van der Waals surface area contributed by atoms with Crippen LogP contribution in [0.3, 0.4) is 0 Å². The van der Waals surface area contributed by atoms with Gasteiger partial charge in [-0.2, -0.15) is 0 Å². The standard InChI is InChI=1S/C14H18O3.C7H8.C3H8/c1-3-4-13(9-10(2)15)11-5-7-12(8-6-11)14(16)17;1-7-5-3-2-4-6-7;1-3-2/h5-8,13H,3-4,9H2,1-2H3,(H,16,17);2-6H,1H3;3H2,1-2H3. The van der Waals surface area contributed by atoms with Crippen molar-refractivity contribution in [2.24, 2.45) is 0 Å². The van der Waals surface area contributed by atoms with E-state index in [1.807, 2.05) is 30.3 Å². The van der Waals surface area contributed by atoms with Gasteiger partial charge in [0.15, 0.2) is 0 Å². The summed E-state index contributed by atoms with van der Waals surface area (Å²) in [6, 6.07) is 17.1. The first-order valence-corrected chi connectivity index (χ1v) is 9.69. The Morgan fingerprint density at radius 2 is 1.44 bits per heavy atom. The minimum absolute atomic E-state index is 0.172. The summed E-state index contributed by atoms with van der Waals surface area (Å²) in [7, 11) is 0. The van der Waals surface area contributed by atoms with Crippen molar-refractivity contribution in [2.45, 2.75) is 66.2 Å². The molecule has 0 aliphatic heterocycles. The van der Waals surface area contributed by atoms with Crippen LogP contribution in [0, 0.1) is 6.92 Å². The number of Topliss-reactive ketones (excluding diaryl/α,β-unsaturated/α-hetero) is 1. The van der Waals surface area contributed by atoms with Gasteiger partial charge in [0.2, 0.25) is 0 Å². The van der Waals surface area contributed by atoms with E-state index in [-0.39, 0.29) is 17.3 Å². The van der Waals surface area contributed by atoms with Crippen LogP contribution in [-0.4, -0.2) is 16.9 Å². The number of aryl methyl sites for hydroxylation is 1. The molecule has 0 heterocycles. The molecule has 148 valence electrons. The number of carboxylic acid groups (broad SMARTS) is 1. The highest BCUT2D eigenvalue weighted by atomic mass is 16.4. The largest absolute Gasteiger partial charge is 0.478 e. The van der Waals surface area contributed by atoms with Crippen molar-refractivity contribution in [2.75, 3.05) is 0 Å². The van der Waals surface area contributed by atoms with E-state index in [0.717, 1.165) is 18.4 Å². The van der Waals surface area contributed by atoms with Crippen LogP contribution >= 0.6 is 0 Å². The monoisotopic (exact) mass is 370 g/mol. The van der Waals surface area contributed by atoms with Crippen LogP contribution in [0.25, 0.3) is 0 Å². The lowest BCUT2D eigenvalue weighted by molar-refractivity contribution is -0.117. The maximum absolute atomic E-state index is 11.2. The third-order valence-electron chi connectivity index (χ3n) is 3.74. The molecule has 3 nitrogen and oxygen atoms in total. The lowest BCUT2D eigenvalue weighted by atomic mass is 9.89. The summed E-state index contributed by atoms with van der Waals surface area (Å²) >= 11 is 0. The lowest BCUT2D eigenvalue weighted by Gasteiger charge is -2.15. The zero-order valence-electron chi connectivity index (χ0n) is 17.4. The summed E-state index contributed by atoms with van der Waals surface area (Å²) in [6.45, 7) is 10.0. The van der Waals surface area contributed by atoms with Crippen LogP contribution in [-0.2, 0) is 4.79 Å². The van der Waals surface area contributed by atoms with Crippen LogP contribution in [0.4, 0.5) is 0 Å². The fourth-order valence-electron chi connectivity index (χ4n) is 2.51. The number of hydrogen-bond acceptors (Lipinski definition) is 2. The molecule has 0 saturated heterocycles. The molecule has 0 radical (unpaired) electrons. The molecule has 0 aromatic heterocycles. The van der Waals surface area contributed by atoms with Crippen LogP contribution < -0.4 is 0 Å². The maximum atomic E-state index is 11.2. The average molecular weight is 371 g/mol. The second-order valence-corrected chi connectivity index (χ2v) is 6.68. The molecule has 1 unspecified atom stereocenters. The number of aromatic carboxylic acids is 1. The van der Waals surface area contributed by atoms with Crippen LogP contribution in [0.2, 0.25) is 0 Å². The summed E-state index contributed by atoms with van der Waals surface area (Å²) in [4.78, 5) is 21.9. The average Bonchev–Trinajstić information content (AvgIpc) is 2.63. The van der Waals surface area contributed by atoms with Crippen molar-refractivity contribution >= 4 is 11.8 Å². The van der Waals surface area contributed by atoms with Gasteiger partial charge in [0.1, 0.15) is 5.78 Å². The van der Waals surface area contributed by atoms with Crippen LogP contribution in [0.15, 0.2) is 54.6 Å². The molecular formula is C24H34O3. The third-order valence-corrected chi connectivity index (χ3v) is 3.74. The van der Waals surface area contributed by atoms with E-state index in [1.165, 1.54) is 12.0 Å². The Hall–Kier alpha value is -2.42. The van der Waals surface area contributed by atoms with Gasteiger partial charge in [-0.3, -0.25) is 0 Å². The number of benzene rings is 2. The Labute approximate surface area is 164 Å². The Kier molecular flexibility index (Phi) is 13.4. The normalized spacial score (nSPS) is 10.6. The second kappa shape index (κ2) is 14.7. The van der Waals surface area contributed by atoms with E-state index >= 15 is 0 Å². The fraction of sp³-hybridized carbons (Fsp3) is 0.417. The van der Waals surface area contributed by atoms with Gasteiger partial charge in [-0.1, -0.05) is 81.6 Å². The molecule has 2 aromatic carbocycles. The number of carboxylic acids is 1. The molecule has 0 fully saturated rings. The number of hydrogen-bond donors (Lipinski definition) is 1. The van der Waals surface area contributed by atoms with Crippen LogP contribution in [0.5, 0.6) is 0 Å². The Morgan fingerprint density at radius 1 is 0.926 bits per heavy atom. The molecule has 2 rings (SSSR count). The van der Waals surface area contributed by atoms with E-state index < -0.39 is 5.97 Å². The fourth-order valence-corrected chi connectivity index (χ4v) is 2.51. The predicted molar refractivity (Wildman–Crippen MR) is 113 cm³/mol. The minimum Gasteiger partial charge on any atom is -0.478 e. The van der Waals surface area contributed by atoms with Crippen LogP contribution in [0.1, 0.15) is 80.8 Å².